The lowest BCUT2D eigenvalue weighted by atomic mass is 10.2. The Kier molecular flexibility index (Phi) is 0.887. The van der Waals surface area contributed by atoms with E-state index in [1.807, 2.05) is 0 Å². The number of fused-ring (bicyclic) bond motifs is 1. The Morgan fingerprint density at radius 2 is 2.20 bits per heavy atom. The first kappa shape index (κ1) is 5.22. The van der Waals surface area contributed by atoms with Gasteiger partial charge < -0.3 is 0 Å². The Labute approximate surface area is 56.7 Å². The Balaban J connectivity index is 2.51. The van der Waals surface area contributed by atoms with Crippen LogP contribution >= 0.6 is 0 Å². The van der Waals surface area contributed by atoms with Gasteiger partial charge in [0, 0.05) is 17.8 Å². The molecule has 2 rings (SSSR count). The molecule has 0 fully saturated rings. The highest BCUT2D eigenvalue weighted by Gasteiger charge is 2.13. The number of hydrogen-bond acceptors (Lipinski definition) is 3. The highest BCUT2D eigenvalue weighted by Crippen LogP contribution is 2.13. The monoisotopic (exact) mass is 133 g/mol. The summed E-state index contributed by atoms with van der Waals surface area (Å²) in [7, 11) is 0. The smallest absolute Gasteiger partial charge is 0.266 e. The maximum atomic E-state index is 10.6. The maximum absolute atomic E-state index is 10.6. The van der Waals surface area contributed by atoms with Crippen LogP contribution in [0.1, 0.15) is 0 Å². The molecule has 0 unspecified atom stereocenters. The summed E-state index contributed by atoms with van der Waals surface area (Å²) in [5.74, 6) is 0.208. The van der Waals surface area contributed by atoms with Crippen molar-refractivity contribution in [2.45, 2.75) is 0 Å². The van der Waals surface area contributed by atoms with Crippen LogP contribution in [0.2, 0.25) is 0 Å². The molecule has 0 atom stereocenters. The van der Waals surface area contributed by atoms with Crippen molar-refractivity contribution in [1.29, 1.82) is 0 Å². The number of nitrogens with zero attached hydrogens (tertiary/aromatic N) is 3. The number of carbonyl (C=O) groups is 1. The number of rotatable bonds is 0. The fourth-order valence-electron chi connectivity index (χ4n) is 0.792. The van der Waals surface area contributed by atoms with E-state index in [4.69, 9.17) is 0 Å². The van der Waals surface area contributed by atoms with E-state index >= 15 is 0 Å². The van der Waals surface area contributed by atoms with Crippen LogP contribution in [0, 0.1) is 0 Å². The minimum absolute atomic E-state index is 0.319. The van der Waals surface area contributed by atoms with Crippen LogP contribution in [0.15, 0.2) is 39.1 Å². The van der Waals surface area contributed by atoms with Crippen LogP contribution in [0.3, 0.4) is 0 Å². The summed E-state index contributed by atoms with van der Waals surface area (Å²) in [5, 5.41) is 6.88. The standard InChI is InChI=1S/C6H3N3O/c10-5-3-4-1-2-7-6(4)9-8-5/h1-3H. The topological polar surface area (TPSA) is 54.1 Å². The molecule has 2 aliphatic rings. The number of carbonyl (C=O) groups excluding carboxylic acids is 1. The van der Waals surface area contributed by atoms with Crippen molar-refractivity contribution in [2.75, 3.05) is 0 Å². The van der Waals surface area contributed by atoms with E-state index in [-0.39, 0.29) is 5.91 Å². The first-order valence-electron chi connectivity index (χ1n) is 2.78. The number of amidine groups is 1. The van der Waals surface area contributed by atoms with E-state index in [9.17, 15) is 4.79 Å². The molecule has 2 aliphatic heterocycles. The molecule has 0 N–H and O–H groups in total. The summed E-state index contributed by atoms with van der Waals surface area (Å²) in [5.41, 5.74) is 0.750. The molecule has 10 heavy (non-hydrogen) atoms. The molecule has 0 aromatic rings. The molecule has 1 amide bonds. The molecule has 4 nitrogen and oxygen atoms in total. The first-order valence-corrected chi connectivity index (χ1v) is 2.78. The third-order valence-corrected chi connectivity index (χ3v) is 1.23. The zero-order valence-corrected chi connectivity index (χ0v) is 4.98. The molecule has 2 heterocycles. The van der Waals surface area contributed by atoms with Crippen LogP contribution in [0.5, 0.6) is 0 Å². The molecule has 0 radical (unpaired) electrons. The molecule has 0 saturated carbocycles. The first-order chi connectivity index (χ1) is 4.86. The van der Waals surface area contributed by atoms with Crippen molar-refractivity contribution < 1.29 is 4.79 Å². The van der Waals surface area contributed by atoms with Crippen molar-refractivity contribution in [3.63, 3.8) is 0 Å². The fraction of sp³-hybridized carbons (Fsp3) is 0. The summed E-state index contributed by atoms with van der Waals surface area (Å²) in [6, 6.07) is 0. The second kappa shape index (κ2) is 1.70. The number of aliphatic imine (C=N–C) groups is 1. The van der Waals surface area contributed by atoms with E-state index in [0.717, 1.165) is 5.57 Å². The SMILES string of the molecule is O=C1C=C2C=CN=C2N=N1. The third-order valence-electron chi connectivity index (χ3n) is 1.23. The van der Waals surface area contributed by atoms with Gasteiger partial charge in [-0.3, -0.25) is 4.79 Å². The molecule has 0 aliphatic carbocycles. The Morgan fingerprint density at radius 3 is 3.10 bits per heavy atom. The average molecular weight is 133 g/mol. The highest BCUT2D eigenvalue weighted by atomic mass is 16.1. The van der Waals surface area contributed by atoms with Gasteiger partial charge in [-0.25, -0.2) is 4.99 Å². The summed E-state index contributed by atoms with van der Waals surface area (Å²) >= 11 is 0. The highest BCUT2D eigenvalue weighted by molar-refractivity contribution is 6.11. The van der Waals surface area contributed by atoms with E-state index in [0.29, 0.717) is 5.84 Å². The predicted octanol–water partition coefficient (Wildman–Crippen LogP) is 0.831. The van der Waals surface area contributed by atoms with Crippen molar-refractivity contribution in [2.24, 2.45) is 15.2 Å². The molecule has 0 spiro atoms. The number of hydrogen-bond donors (Lipinski definition) is 0. The van der Waals surface area contributed by atoms with Gasteiger partial charge in [0.25, 0.3) is 5.91 Å². The van der Waals surface area contributed by atoms with Gasteiger partial charge in [-0.2, -0.15) is 0 Å². The molecule has 48 valence electrons. The molecular formula is C6H3N3O. The zero-order valence-electron chi connectivity index (χ0n) is 4.98. The van der Waals surface area contributed by atoms with Crippen LogP contribution in [-0.2, 0) is 4.79 Å². The number of azo groups is 1. The van der Waals surface area contributed by atoms with Gasteiger partial charge in [0.15, 0.2) is 5.84 Å². The van der Waals surface area contributed by atoms with Crippen LogP contribution in [0.25, 0.3) is 0 Å². The fourth-order valence-corrected chi connectivity index (χ4v) is 0.792. The quantitative estimate of drug-likeness (QED) is 0.482. The van der Waals surface area contributed by atoms with E-state index < -0.39 is 0 Å². The van der Waals surface area contributed by atoms with Gasteiger partial charge >= 0.3 is 0 Å². The van der Waals surface area contributed by atoms with Crippen molar-refractivity contribution in [3.05, 3.63) is 23.9 Å². The predicted molar refractivity (Wildman–Crippen MR) is 34.5 cm³/mol. The van der Waals surface area contributed by atoms with Crippen molar-refractivity contribution >= 4 is 11.7 Å². The van der Waals surface area contributed by atoms with E-state index in [1.165, 1.54) is 6.08 Å². The Hall–Kier alpha value is -1.58. The molecule has 0 aromatic carbocycles. The molecular weight excluding hydrogens is 130 g/mol. The van der Waals surface area contributed by atoms with E-state index in [2.05, 4.69) is 15.2 Å². The Morgan fingerprint density at radius 1 is 1.30 bits per heavy atom. The molecule has 0 bridgehead atoms. The van der Waals surface area contributed by atoms with Crippen molar-refractivity contribution in [1.82, 2.24) is 0 Å². The maximum Gasteiger partial charge on any atom is 0.289 e. The summed E-state index contributed by atoms with van der Waals surface area (Å²) in [6.07, 6.45) is 4.74. The average Bonchev–Trinajstić information content (AvgIpc) is 2.33. The van der Waals surface area contributed by atoms with Gasteiger partial charge in [-0.1, -0.05) is 0 Å². The second-order valence-electron chi connectivity index (χ2n) is 1.91. The second-order valence-corrected chi connectivity index (χ2v) is 1.91. The van der Waals surface area contributed by atoms with Crippen LogP contribution in [-0.4, -0.2) is 11.7 Å². The zero-order chi connectivity index (χ0) is 6.97. The molecule has 0 saturated heterocycles. The van der Waals surface area contributed by atoms with E-state index in [1.54, 1.807) is 12.3 Å². The Bertz CT molecular complexity index is 309. The number of amides is 1. The van der Waals surface area contributed by atoms with Crippen LogP contribution in [0.4, 0.5) is 0 Å². The molecule has 0 aromatic heterocycles. The summed E-state index contributed by atoms with van der Waals surface area (Å²) < 4.78 is 0. The van der Waals surface area contributed by atoms with Gasteiger partial charge in [0.2, 0.25) is 0 Å². The lowest BCUT2D eigenvalue weighted by molar-refractivity contribution is -0.113. The minimum atomic E-state index is -0.319. The summed E-state index contributed by atoms with van der Waals surface area (Å²) in [6.45, 7) is 0. The minimum Gasteiger partial charge on any atom is -0.266 e. The summed E-state index contributed by atoms with van der Waals surface area (Å²) in [4.78, 5) is 14.4. The van der Waals surface area contributed by atoms with Gasteiger partial charge in [0.05, 0.1) is 0 Å². The van der Waals surface area contributed by atoms with Gasteiger partial charge in [-0.15, -0.1) is 10.2 Å². The lowest BCUT2D eigenvalue weighted by Crippen LogP contribution is -2.02. The molecule has 4 heteroatoms. The largest absolute Gasteiger partial charge is 0.289 e. The van der Waals surface area contributed by atoms with Gasteiger partial charge in [0.1, 0.15) is 0 Å². The normalized spacial score (nSPS) is 20.6. The van der Waals surface area contributed by atoms with Crippen molar-refractivity contribution in [3.8, 4) is 0 Å². The lowest BCUT2D eigenvalue weighted by Gasteiger charge is -1.96. The van der Waals surface area contributed by atoms with Crippen LogP contribution < -0.4 is 0 Å². The third kappa shape index (κ3) is 0.621. The van der Waals surface area contributed by atoms with Gasteiger partial charge in [-0.05, 0) is 6.08 Å².